The average molecular weight is 537 g/mol. The predicted molar refractivity (Wildman–Crippen MR) is 149 cm³/mol. The number of likely N-dealkylation sites (N-methyl/N-ethyl adjacent to an activating group) is 1. The van der Waals surface area contributed by atoms with Gasteiger partial charge in [0, 0.05) is 48.4 Å². The zero-order valence-electron chi connectivity index (χ0n) is 21.9. The third-order valence-corrected chi connectivity index (χ3v) is 7.91. The van der Waals surface area contributed by atoms with Crippen molar-refractivity contribution in [3.05, 3.63) is 84.9 Å². The summed E-state index contributed by atoms with van der Waals surface area (Å²) in [5, 5.41) is -0.812. The average Bonchev–Trinajstić information content (AvgIpc) is 3.30. The maximum absolute atomic E-state index is 13.6. The van der Waals surface area contributed by atoms with Gasteiger partial charge in [-0.2, -0.15) is 0 Å². The van der Waals surface area contributed by atoms with Crippen LogP contribution in [0.5, 0.6) is 0 Å². The van der Waals surface area contributed by atoms with Gasteiger partial charge in [0.05, 0.1) is 24.6 Å². The van der Waals surface area contributed by atoms with Crippen LogP contribution in [0.3, 0.4) is 0 Å². The van der Waals surface area contributed by atoms with Crippen molar-refractivity contribution in [3.63, 3.8) is 0 Å². The summed E-state index contributed by atoms with van der Waals surface area (Å²) >= 11 is 0. The maximum atomic E-state index is 13.6. The Morgan fingerprint density at radius 2 is 1.55 bits per heavy atom. The van der Waals surface area contributed by atoms with Gasteiger partial charge in [-0.1, -0.05) is 37.3 Å². The summed E-state index contributed by atoms with van der Waals surface area (Å²) in [6.07, 6.45) is 4.93. The van der Waals surface area contributed by atoms with Gasteiger partial charge in [-0.3, -0.25) is 4.98 Å². The molecule has 2 aromatic carbocycles. The van der Waals surface area contributed by atoms with Crippen LogP contribution in [0.2, 0.25) is 0 Å². The fraction of sp³-hybridized carbons (Fsp3) is 0.310. The first-order valence-corrected chi connectivity index (χ1v) is 14.5. The Kier molecular flexibility index (Phi) is 9.04. The Balaban J connectivity index is 0.000000417. The summed E-state index contributed by atoms with van der Waals surface area (Å²) in [4.78, 5) is 11.3. The monoisotopic (exact) mass is 536 g/mol. The molecule has 5 rings (SSSR count). The van der Waals surface area contributed by atoms with Crippen LogP contribution in [-0.2, 0) is 14.6 Å². The minimum atomic E-state index is -3.46. The summed E-state index contributed by atoms with van der Waals surface area (Å²) in [7, 11) is -1.34. The molecule has 200 valence electrons. The van der Waals surface area contributed by atoms with Crippen LogP contribution >= 0.6 is 0 Å². The molecule has 0 radical (unpaired) electrons. The quantitative estimate of drug-likeness (QED) is 0.332. The van der Waals surface area contributed by atoms with Gasteiger partial charge in [-0.15, -0.1) is 0 Å². The van der Waals surface area contributed by atoms with Crippen molar-refractivity contribution in [2.24, 2.45) is 0 Å². The molecule has 1 saturated heterocycles. The molecule has 3 heterocycles. The Morgan fingerprint density at radius 3 is 2.08 bits per heavy atom. The highest BCUT2D eigenvalue weighted by Gasteiger charge is 2.30. The SMILES string of the molecule is CCC(n1c(-c2ccccc2)nc(-c2ccc(F)cc2)c1-c1ccncc1)S(C)(=O)=O.CN1CCOCC1. The van der Waals surface area contributed by atoms with E-state index in [0.29, 0.717) is 29.2 Å². The fourth-order valence-corrected chi connectivity index (χ4v) is 5.62. The molecule has 0 saturated carbocycles. The molecule has 2 aromatic heterocycles. The van der Waals surface area contributed by atoms with Gasteiger partial charge in [-0.05, 0) is 49.9 Å². The molecule has 4 aromatic rings. The number of benzene rings is 2. The lowest BCUT2D eigenvalue weighted by atomic mass is 10.1. The van der Waals surface area contributed by atoms with E-state index in [1.807, 2.05) is 49.4 Å². The number of morpholine rings is 1. The van der Waals surface area contributed by atoms with Gasteiger partial charge in [0.25, 0.3) is 0 Å². The van der Waals surface area contributed by atoms with Crippen molar-refractivity contribution in [2.45, 2.75) is 18.7 Å². The van der Waals surface area contributed by atoms with Crippen LogP contribution in [-0.4, -0.2) is 67.5 Å². The molecule has 9 heteroatoms. The molecule has 1 atom stereocenters. The molecule has 1 aliphatic rings. The van der Waals surface area contributed by atoms with Crippen LogP contribution in [0.1, 0.15) is 18.7 Å². The second-order valence-electron chi connectivity index (χ2n) is 9.22. The molecule has 1 unspecified atom stereocenters. The van der Waals surface area contributed by atoms with E-state index in [2.05, 4.69) is 16.9 Å². The van der Waals surface area contributed by atoms with Crippen molar-refractivity contribution >= 4 is 9.84 Å². The van der Waals surface area contributed by atoms with Crippen LogP contribution in [0.4, 0.5) is 4.39 Å². The van der Waals surface area contributed by atoms with Gasteiger partial charge in [0.1, 0.15) is 17.0 Å². The molecule has 0 spiro atoms. The summed E-state index contributed by atoms with van der Waals surface area (Å²) in [5.41, 5.74) is 3.53. The number of ether oxygens (including phenoxy) is 1. The van der Waals surface area contributed by atoms with Crippen LogP contribution < -0.4 is 0 Å². The molecular formula is C29H33FN4O3S. The largest absolute Gasteiger partial charge is 0.379 e. The lowest BCUT2D eigenvalue weighted by Crippen LogP contribution is -2.32. The highest BCUT2D eigenvalue weighted by molar-refractivity contribution is 7.90. The van der Waals surface area contributed by atoms with Crippen molar-refractivity contribution in [1.82, 2.24) is 19.4 Å². The van der Waals surface area contributed by atoms with E-state index in [-0.39, 0.29) is 5.82 Å². The van der Waals surface area contributed by atoms with E-state index >= 15 is 0 Å². The van der Waals surface area contributed by atoms with E-state index in [1.165, 1.54) is 18.4 Å². The van der Waals surface area contributed by atoms with Crippen molar-refractivity contribution in [2.75, 3.05) is 39.6 Å². The normalized spacial score (nSPS) is 14.9. The van der Waals surface area contributed by atoms with Gasteiger partial charge in [0.2, 0.25) is 0 Å². The van der Waals surface area contributed by atoms with Gasteiger partial charge in [-0.25, -0.2) is 17.8 Å². The number of pyridine rings is 1. The van der Waals surface area contributed by atoms with Gasteiger partial charge < -0.3 is 14.2 Å². The summed E-state index contributed by atoms with van der Waals surface area (Å²) in [6.45, 7) is 5.86. The minimum absolute atomic E-state index is 0.348. The van der Waals surface area contributed by atoms with Gasteiger partial charge >= 0.3 is 0 Å². The van der Waals surface area contributed by atoms with Crippen molar-refractivity contribution < 1.29 is 17.5 Å². The van der Waals surface area contributed by atoms with E-state index < -0.39 is 15.2 Å². The Bertz CT molecular complexity index is 1420. The van der Waals surface area contributed by atoms with Crippen LogP contribution in [0.15, 0.2) is 79.1 Å². The molecule has 0 aliphatic carbocycles. The molecule has 0 amide bonds. The Hall–Kier alpha value is -3.40. The number of hydrogen-bond acceptors (Lipinski definition) is 6. The smallest absolute Gasteiger partial charge is 0.168 e. The van der Waals surface area contributed by atoms with Crippen LogP contribution in [0.25, 0.3) is 33.9 Å². The second kappa shape index (κ2) is 12.4. The highest BCUT2D eigenvalue weighted by Crippen LogP contribution is 2.40. The first-order valence-electron chi connectivity index (χ1n) is 12.6. The first kappa shape index (κ1) is 27.6. The molecule has 7 nitrogen and oxygen atoms in total. The Labute approximate surface area is 223 Å². The second-order valence-corrected chi connectivity index (χ2v) is 11.4. The van der Waals surface area contributed by atoms with E-state index in [4.69, 9.17) is 9.72 Å². The lowest BCUT2D eigenvalue weighted by molar-refractivity contribution is 0.0503. The summed E-state index contributed by atoms with van der Waals surface area (Å²) < 4.78 is 46.1. The number of halogens is 1. The highest BCUT2D eigenvalue weighted by atomic mass is 32.2. The van der Waals surface area contributed by atoms with Crippen molar-refractivity contribution in [1.29, 1.82) is 0 Å². The Morgan fingerprint density at radius 1 is 0.921 bits per heavy atom. The topological polar surface area (TPSA) is 77.3 Å². The number of nitrogens with zero attached hydrogens (tertiary/aromatic N) is 4. The number of imidazole rings is 1. The zero-order valence-corrected chi connectivity index (χ0v) is 22.7. The molecule has 38 heavy (non-hydrogen) atoms. The molecule has 1 aliphatic heterocycles. The molecule has 0 bridgehead atoms. The third kappa shape index (κ3) is 6.53. The summed E-state index contributed by atoms with van der Waals surface area (Å²) in [5.74, 6) is 0.198. The predicted octanol–water partition coefficient (Wildman–Crippen LogP) is 5.32. The maximum Gasteiger partial charge on any atom is 0.168 e. The summed E-state index contributed by atoms with van der Waals surface area (Å²) in [6, 6.07) is 19.2. The fourth-order valence-electron chi connectivity index (χ4n) is 4.43. The number of aromatic nitrogens is 3. The minimum Gasteiger partial charge on any atom is -0.379 e. The van der Waals surface area contributed by atoms with E-state index in [9.17, 15) is 12.8 Å². The molecule has 1 fully saturated rings. The van der Waals surface area contributed by atoms with E-state index in [1.54, 1.807) is 29.1 Å². The number of rotatable bonds is 6. The standard InChI is InChI=1S/C24H22FN3O2S.C5H11NO/c1-3-21(31(2,29)30)28-23(18-13-15-26-16-14-18)22(17-9-11-20(25)12-10-17)27-24(28)19-7-5-4-6-8-19;1-6-2-4-7-5-3-6/h4-16,21H,3H2,1-2H3;2-5H2,1H3. The van der Waals surface area contributed by atoms with Crippen LogP contribution in [0, 0.1) is 5.82 Å². The van der Waals surface area contributed by atoms with Gasteiger partial charge in [0.15, 0.2) is 9.84 Å². The van der Waals surface area contributed by atoms with Crippen molar-refractivity contribution in [3.8, 4) is 33.9 Å². The van der Waals surface area contributed by atoms with E-state index in [0.717, 1.165) is 37.4 Å². The zero-order chi connectivity index (χ0) is 27.1. The number of sulfone groups is 1. The molecule has 0 N–H and O–H groups in total. The third-order valence-electron chi connectivity index (χ3n) is 6.38. The molecular weight excluding hydrogens is 503 g/mol. The lowest BCUT2D eigenvalue weighted by Gasteiger charge is -2.21. The number of hydrogen-bond donors (Lipinski definition) is 0. The first-order chi connectivity index (χ1) is 18.3.